The zero-order valence-electron chi connectivity index (χ0n) is 30.1. The van der Waals surface area contributed by atoms with Gasteiger partial charge in [0.05, 0.1) is 5.41 Å². The van der Waals surface area contributed by atoms with Gasteiger partial charge in [0, 0.05) is 37.2 Å². The second-order valence-electron chi connectivity index (χ2n) is 14.4. The van der Waals surface area contributed by atoms with Crippen LogP contribution in [0.2, 0.25) is 0 Å². The molecule has 0 aliphatic heterocycles. The molecule has 0 amide bonds. The highest BCUT2D eigenvalue weighted by molar-refractivity contribution is 7.25. The molecule has 0 fully saturated rings. The average molecular weight is 718 g/mol. The number of hydrogen-bond acceptors (Lipinski definition) is 2. The Bertz CT molecular complexity index is 3000. The number of anilines is 3. The number of hydrogen-bond donors (Lipinski definition) is 0. The Morgan fingerprint density at radius 2 is 0.927 bits per heavy atom. The highest BCUT2D eigenvalue weighted by Gasteiger charge is 2.46. The van der Waals surface area contributed by atoms with Crippen LogP contribution in [0.15, 0.2) is 212 Å². The minimum absolute atomic E-state index is 0.490. The van der Waals surface area contributed by atoms with Crippen LogP contribution in [0.5, 0.6) is 0 Å². The van der Waals surface area contributed by atoms with E-state index < -0.39 is 5.41 Å². The molecule has 10 aromatic rings. The van der Waals surface area contributed by atoms with Crippen molar-refractivity contribution in [3.63, 3.8) is 0 Å². The van der Waals surface area contributed by atoms with E-state index in [4.69, 9.17) is 0 Å². The lowest BCUT2D eigenvalue weighted by Gasteiger charge is -2.35. The monoisotopic (exact) mass is 717 g/mol. The lowest BCUT2D eigenvalue weighted by Crippen LogP contribution is -2.28. The molecule has 0 spiro atoms. The summed E-state index contributed by atoms with van der Waals surface area (Å²) in [6, 6.07) is 78.4. The maximum absolute atomic E-state index is 2.47. The first-order valence-electron chi connectivity index (χ1n) is 18.9. The van der Waals surface area contributed by atoms with Crippen molar-refractivity contribution in [2.75, 3.05) is 4.90 Å². The first-order chi connectivity index (χ1) is 27.3. The van der Waals surface area contributed by atoms with E-state index in [9.17, 15) is 0 Å². The summed E-state index contributed by atoms with van der Waals surface area (Å²) in [7, 11) is 0. The van der Waals surface area contributed by atoms with Gasteiger partial charge in [0.2, 0.25) is 0 Å². The zero-order valence-corrected chi connectivity index (χ0v) is 30.9. The van der Waals surface area contributed by atoms with E-state index in [1.165, 1.54) is 75.5 Å². The van der Waals surface area contributed by atoms with Gasteiger partial charge in [0.1, 0.15) is 0 Å². The average Bonchev–Trinajstić information content (AvgIpc) is 3.77. The minimum Gasteiger partial charge on any atom is -0.310 e. The van der Waals surface area contributed by atoms with Crippen LogP contribution >= 0.6 is 11.3 Å². The quantitative estimate of drug-likeness (QED) is 0.166. The van der Waals surface area contributed by atoms with Gasteiger partial charge in [-0.25, -0.2) is 0 Å². The number of benzene rings is 9. The standard InChI is InChI=1S/C53H35NS/c1-3-18-38(19-4-1)53(39-20-5-2-6-21-39)49-27-11-9-24-45(49)46-31-29-41(34-50(46)53)54(42-30-32-48-47-25-10-12-28-51(47)55-52(48)35-42)40-22-13-17-37(33-40)44-26-14-16-36-15-7-8-23-43(36)44/h1-35H. The van der Waals surface area contributed by atoms with Crippen molar-refractivity contribution in [1.29, 1.82) is 0 Å². The highest BCUT2D eigenvalue weighted by atomic mass is 32.1. The van der Waals surface area contributed by atoms with Gasteiger partial charge in [-0.15, -0.1) is 11.3 Å². The van der Waals surface area contributed by atoms with E-state index >= 15 is 0 Å². The van der Waals surface area contributed by atoms with Crippen LogP contribution in [0.25, 0.3) is 53.2 Å². The van der Waals surface area contributed by atoms with E-state index in [0.29, 0.717) is 0 Å². The third kappa shape index (κ3) is 4.92. The Kier molecular flexibility index (Phi) is 7.33. The molecule has 0 bridgehead atoms. The van der Waals surface area contributed by atoms with Crippen LogP contribution in [0.3, 0.4) is 0 Å². The predicted octanol–water partition coefficient (Wildman–Crippen LogP) is 14.7. The zero-order chi connectivity index (χ0) is 36.3. The molecule has 0 unspecified atom stereocenters. The molecular weight excluding hydrogens is 683 g/mol. The predicted molar refractivity (Wildman–Crippen MR) is 234 cm³/mol. The van der Waals surface area contributed by atoms with E-state index in [1.54, 1.807) is 0 Å². The highest BCUT2D eigenvalue weighted by Crippen LogP contribution is 2.57. The molecule has 2 heteroatoms. The van der Waals surface area contributed by atoms with Crippen molar-refractivity contribution in [3.8, 4) is 22.3 Å². The fourth-order valence-electron chi connectivity index (χ4n) is 9.16. The summed E-state index contributed by atoms with van der Waals surface area (Å²) in [5, 5.41) is 5.11. The van der Waals surface area contributed by atoms with Crippen molar-refractivity contribution >= 4 is 59.3 Å². The smallest absolute Gasteiger partial charge is 0.0714 e. The molecule has 0 radical (unpaired) electrons. The van der Waals surface area contributed by atoms with E-state index in [0.717, 1.165) is 17.1 Å². The Morgan fingerprint density at radius 3 is 1.76 bits per heavy atom. The van der Waals surface area contributed by atoms with Crippen LogP contribution in [-0.4, -0.2) is 0 Å². The van der Waals surface area contributed by atoms with Crippen molar-refractivity contribution in [2.45, 2.75) is 5.41 Å². The first-order valence-corrected chi connectivity index (χ1v) is 19.7. The Hall–Kier alpha value is -6.74. The first kappa shape index (κ1) is 31.8. The summed E-state index contributed by atoms with van der Waals surface area (Å²) < 4.78 is 2.59. The molecule has 0 atom stereocenters. The van der Waals surface area contributed by atoms with Gasteiger partial charge in [-0.1, -0.05) is 170 Å². The van der Waals surface area contributed by atoms with Gasteiger partial charge in [-0.3, -0.25) is 0 Å². The molecule has 1 aliphatic carbocycles. The third-order valence-electron chi connectivity index (χ3n) is 11.5. The van der Waals surface area contributed by atoms with Crippen LogP contribution in [-0.2, 0) is 5.41 Å². The molecule has 9 aromatic carbocycles. The summed E-state index contributed by atoms with van der Waals surface area (Å²) in [5.74, 6) is 0. The van der Waals surface area contributed by atoms with Gasteiger partial charge in [-0.2, -0.15) is 0 Å². The maximum Gasteiger partial charge on any atom is 0.0714 e. The van der Waals surface area contributed by atoms with Crippen molar-refractivity contribution in [1.82, 2.24) is 0 Å². The summed E-state index contributed by atoms with van der Waals surface area (Å²) in [4.78, 5) is 2.46. The second kappa shape index (κ2) is 12.7. The molecule has 0 saturated carbocycles. The molecule has 55 heavy (non-hydrogen) atoms. The van der Waals surface area contributed by atoms with Gasteiger partial charge in [0.25, 0.3) is 0 Å². The maximum atomic E-state index is 2.47. The Labute approximate surface area is 325 Å². The fraction of sp³-hybridized carbons (Fsp3) is 0.0189. The summed E-state index contributed by atoms with van der Waals surface area (Å²) in [6.07, 6.45) is 0. The largest absolute Gasteiger partial charge is 0.310 e. The lowest BCUT2D eigenvalue weighted by atomic mass is 9.67. The summed E-state index contributed by atoms with van der Waals surface area (Å²) >= 11 is 1.86. The number of fused-ring (bicyclic) bond motifs is 7. The number of thiophene rings is 1. The summed E-state index contributed by atoms with van der Waals surface area (Å²) in [6.45, 7) is 0. The molecule has 1 aliphatic rings. The molecule has 1 heterocycles. The molecule has 11 rings (SSSR count). The van der Waals surface area contributed by atoms with Crippen LogP contribution < -0.4 is 4.90 Å². The van der Waals surface area contributed by atoms with Crippen molar-refractivity contribution in [3.05, 3.63) is 235 Å². The molecule has 0 N–H and O–H groups in total. The number of rotatable bonds is 6. The fourth-order valence-corrected chi connectivity index (χ4v) is 10.3. The molecule has 258 valence electrons. The Morgan fingerprint density at radius 1 is 0.345 bits per heavy atom. The Balaban J connectivity index is 1.18. The van der Waals surface area contributed by atoms with Crippen molar-refractivity contribution < 1.29 is 0 Å². The second-order valence-corrected chi connectivity index (χ2v) is 15.5. The molecule has 1 nitrogen and oxygen atoms in total. The van der Waals surface area contributed by atoms with Gasteiger partial charge >= 0.3 is 0 Å². The number of nitrogens with zero attached hydrogens (tertiary/aromatic N) is 1. The normalized spacial score (nSPS) is 12.9. The van der Waals surface area contributed by atoms with Crippen LogP contribution in [0, 0.1) is 0 Å². The lowest BCUT2D eigenvalue weighted by molar-refractivity contribution is 0.768. The van der Waals surface area contributed by atoms with Gasteiger partial charge in [-0.05, 0) is 97.7 Å². The minimum atomic E-state index is -0.490. The third-order valence-corrected chi connectivity index (χ3v) is 12.7. The van der Waals surface area contributed by atoms with Crippen LogP contribution in [0.1, 0.15) is 22.3 Å². The molecule has 1 aromatic heterocycles. The van der Waals surface area contributed by atoms with Crippen LogP contribution in [0.4, 0.5) is 17.1 Å². The molecular formula is C53H35NS. The van der Waals surface area contributed by atoms with Crippen molar-refractivity contribution in [2.24, 2.45) is 0 Å². The van der Waals surface area contributed by atoms with Gasteiger partial charge < -0.3 is 4.90 Å². The van der Waals surface area contributed by atoms with E-state index in [1.807, 2.05) is 11.3 Å². The van der Waals surface area contributed by atoms with Gasteiger partial charge in [0.15, 0.2) is 0 Å². The van der Waals surface area contributed by atoms with E-state index in [2.05, 4.69) is 217 Å². The van der Waals surface area contributed by atoms with E-state index in [-0.39, 0.29) is 0 Å². The molecule has 0 saturated heterocycles. The topological polar surface area (TPSA) is 3.24 Å². The SMILES string of the molecule is c1ccc(C2(c3ccccc3)c3ccccc3-c3ccc(N(c4cccc(-c5cccc6ccccc56)c4)c4ccc5c(c4)sc4ccccc45)cc32)cc1. The summed E-state index contributed by atoms with van der Waals surface area (Å²) in [5.41, 5.74) is 13.0.